The maximum absolute atomic E-state index is 10.9. The Bertz CT molecular complexity index is 462. The Hall–Kier alpha value is -1.33. The van der Waals surface area contributed by atoms with Gasteiger partial charge in [-0.25, -0.2) is 0 Å². The molecular weight excluding hydrogens is 280 g/mol. The molecule has 0 heterocycles. The van der Waals surface area contributed by atoms with Crippen LogP contribution in [0, 0.1) is 10.1 Å². The van der Waals surface area contributed by atoms with Gasteiger partial charge in [-0.1, -0.05) is 30.9 Å². The lowest BCUT2D eigenvalue weighted by Gasteiger charge is -2.22. The molecule has 0 amide bonds. The number of benzene rings is 1. The predicted octanol–water partition coefficient (Wildman–Crippen LogP) is 4.01. The Morgan fingerprint density at radius 3 is 2.80 bits per heavy atom. The van der Waals surface area contributed by atoms with Gasteiger partial charge in [-0.05, 0) is 25.0 Å². The summed E-state index contributed by atoms with van der Waals surface area (Å²) in [5, 5.41) is 14.4. The van der Waals surface area contributed by atoms with Crippen LogP contribution in [0.25, 0.3) is 0 Å². The third kappa shape index (κ3) is 4.35. The van der Waals surface area contributed by atoms with Gasteiger partial charge in [-0.3, -0.25) is 10.1 Å². The molecule has 0 unspecified atom stereocenters. The van der Waals surface area contributed by atoms with E-state index in [1.165, 1.54) is 31.4 Å². The molecule has 110 valence electrons. The van der Waals surface area contributed by atoms with Crippen LogP contribution in [0.5, 0.6) is 0 Å². The highest BCUT2D eigenvalue weighted by Gasteiger charge is 2.15. The molecule has 1 aromatic rings. The van der Waals surface area contributed by atoms with Crippen LogP contribution in [0.1, 0.15) is 32.1 Å². The van der Waals surface area contributed by atoms with Crippen molar-refractivity contribution in [3.05, 3.63) is 33.3 Å². The molecular formula is C14H19ClN2O3. The van der Waals surface area contributed by atoms with E-state index < -0.39 is 4.92 Å². The van der Waals surface area contributed by atoms with E-state index in [1.807, 2.05) is 0 Å². The molecule has 0 bridgehead atoms. The first-order valence-corrected chi connectivity index (χ1v) is 7.34. The lowest BCUT2D eigenvalue weighted by molar-refractivity contribution is -0.384. The van der Waals surface area contributed by atoms with E-state index in [-0.39, 0.29) is 5.69 Å². The molecule has 1 aromatic carbocycles. The Morgan fingerprint density at radius 1 is 1.35 bits per heavy atom. The fourth-order valence-electron chi connectivity index (χ4n) is 2.45. The van der Waals surface area contributed by atoms with Crippen LogP contribution in [-0.2, 0) is 4.74 Å². The second-order valence-electron chi connectivity index (χ2n) is 4.98. The average molecular weight is 299 g/mol. The SMILES string of the molecule is O=[N+]([O-])c1ccc(Cl)cc1NCCOC1CCCCC1. The number of nitro benzene ring substituents is 1. The van der Waals surface area contributed by atoms with Gasteiger partial charge in [0.25, 0.3) is 5.69 Å². The average Bonchev–Trinajstić information content (AvgIpc) is 2.44. The van der Waals surface area contributed by atoms with Gasteiger partial charge in [0.15, 0.2) is 0 Å². The van der Waals surface area contributed by atoms with Gasteiger partial charge < -0.3 is 10.1 Å². The van der Waals surface area contributed by atoms with Gasteiger partial charge in [-0.2, -0.15) is 0 Å². The molecule has 0 radical (unpaired) electrons. The molecule has 5 nitrogen and oxygen atoms in total. The number of ether oxygens (including phenoxy) is 1. The molecule has 0 aromatic heterocycles. The smallest absolute Gasteiger partial charge is 0.292 e. The fourth-order valence-corrected chi connectivity index (χ4v) is 2.62. The van der Waals surface area contributed by atoms with Crippen LogP contribution >= 0.6 is 11.6 Å². The summed E-state index contributed by atoms with van der Waals surface area (Å²) in [6.45, 7) is 1.09. The van der Waals surface area contributed by atoms with E-state index in [1.54, 1.807) is 6.07 Å². The number of nitro groups is 1. The summed E-state index contributed by atoms with van der Waals surface area (Å²) in [6.07, 6.45) is 6.36. The molecule has 0 spiro atoms. The minimum atomic E-state index is -0.416. The van der Waals surface area contributed by atoms with Gasteiger partial charge >= 0.3 is 0 Å². The first kappa shape index (κ1) is 15.1. The van der Waals surface area contributed by atoms with Crippen molar-refractivity contribution < 1.29 is 9.66 Å². The highest BCUT2D eigenvalue weighted by atomic mass is 35.5. The van der Waals surface area contributed by atoms with Crippen LogP contribution in [-0.4, -0.2) is 24.2 Å². The van der Waals surface area contributed by atoms with E-state index in [9.17, 15) is 10.1 Å². The summed E-state index contributed by atoms with van der Waals surface area (Å²) in [5.41, 5.74) is 0.474. The van der Waals surface area contributed by atoms with Crippen molar-refractivity contribution in [3.63, 3.8) is 0 Å². The zero-order valence-electron chi connectivity index (χ0n) is 11.3. The number of nitrogens with zero attached hydrogens (tertiary/aromatic N) is 1. The Kier molecular flexibility index (Phi) is 5.61. The molecule has 0 atom stereocenters. The lowest BCUT2D eigenvalue weighted by atomic mass is 9.98. The molecule has 0 aliphatic heterocycles. The number of halogens is 1. The standard InChI is InChI=1S/C14H19ClN2O3/c15-11-6-7-14(17(18)19)13(10-11)16-8-9-20-12-4-2-1-3-5-12/h6-7,10,12,16H,1-5,8-9H2. The first-order chi connectivity index (χ1) is 9.66. The van der Waals surface area contributed by atoms with Crippen LogP contribution in [0.3, 0.4) is 0 Å². The Morgan fingerprint density at radius 2 is 2.10 bits per heavy atom. The summed E-state index contributed by atoms with van der Waals surface area (Å²) in [7, 11) is 0. The number of nitrogens with one attached hydrogen (secondary N) is 1. The topological polar surface area (TPSA) is 64.4 Å². The highest BCUT2D eigenvalue weighted by molar-refractivity contribution is 6.31. The second-order valence-corrected chi connectivity index (χ2v) is 5.41. The minimum Gasteiger partial charge on any atom is -0.377 e. The van der Waals surface area contributed by atoms with Crippen molar-refractivity contribution in [3.8, 4) is 0 Å². The van der Waals surface area contributed by atoms with Gasteiger partial charge in [-0.15, -0.1) is 0 Å². The van der Waals surface area contributed by atoms with E-state index in [0.717, 1.165) is 12.8 Å². The van der Waals surface area contributed by atoms with E-state index in [2.05, 4.69) is 5.32 Å². The van der Waals surface area contributed by atoms with Crippen molar-refractivity contribution >= 4 is 23.0 Å². The van der Waals surface area contributed by atoms with Gasteiger partial charge in [0.1, 0.15) is 5.69 Å². The Labute approximate surface area is 123 Å². The zero-order valence-corrected chi connectivity index (χ0v) is 12.1. The molecule has 6 heteroatoms. The van der Waals surface area contributed by atoms with Gasteiger partial charge in [0, 0.05) is 17.6 Å². The maximum Gasteiger partial charge on any atom is 0.292 e. The Balaban J connectivity index is 1.81. The van der Waals surface area contributed by atoms with Crippen molar-refractivity contribution in [1.29, 1.82) is 0 Å². The first-order valence-electron chi connectivity index (χ1n) is 6.96. The zero-order chi connectivity index (χ0) is 14.4. The third-order valence-corrected chi connectivity index (χ3v) is 3.71. The number of rotatable bonds is 6. The molecule has 1 aliphatic rings. The summed E-state index contributed by atoms with van der Waals surface area (Å²) in [5.74, 6) is 0. The van der Waals surface area contributed by atoms with E-state index in [4.69, 9.17) is 16.3 Å². The lowest BCUT2D eigenvalue weighted by Crippen LogP contribution is -2.20. The molecule has 0 saturated heterocycles. The van der Waals surface area contributed by atoms with Crippen LogP contribution in [0.4, 0.5) is 11.4 Å². The quantitative estimate of drug-likeness (QED) is 0.489. The molecule has 20 heavy (non-hydrogen) atoms. The molecule has 1 saturated carbocycles. The predicted molar refractivity (Wildman–Crippen MR) is 79.4 cm³/mol. The summed E-state index contributed by atoms with van der Waals surface area (Å²) >= 11 is 5.86. The van der Waals surface area contributed by atoms with E-state index in [0.29, 0.717) is 30.0 Å². The number of hydrogen-bond donors (Lipinski definition) is 1. The fraction of sp³-hybridized carbons (Fsp3) is 0.571. The number of hydrogen-bond acceptors (Lipinski definition) is 4. The largest absolute Gasteiger partial charge is 0.377 e. The van der Waals surface area contributed by atoms with Crippen molar-refractivity contribution in [2.24, 2.45) is 0 Å². The van der Waals surface area contributed by atoms with Crippen molar-refractivity contribution in [1.82, 2.24) is 0 Å². The third-order valence-electron chi connectivity index (χ3n) is 3.48. The van der Waals surface area contributed by atoms with Crippen molar-refractivity contribution in [2.45, 2.75) is 38.2 Å². The summed E-state index contributed by atoms with van der Waals surface area (Å²) in [6, 6.07) is 4.50. The highest BCUT2D eigenvalue weighted by Crippen LogP contribution is 2.27. The maximum atomic E-state index is 10.9. The molecule has 1 aliphatic carbocycles. The normalized spacial score (nSPS) is 16.1. The molecule has 2 rings (SSSR count). The van der Waals surface area contributed by atoms with Crippen LogP contribution in [0.2, 0.25) is 5.02 Å². The van der Waals surface area contributed by atoms with Crippen LogP contribution < -0.4 is 5.32 Å². The minimum absolute atomic E-state index is 0.0343. The van der Waals surface area contributed by atoms with Gasteiger partial charge in [0.05, 0.1) is 17.6 Å². The van der Waals surface area contributed by atoms with Crippen molar-refractivity contribution in [2.75, 3.05) is 18.5 Å². The van der Waals surface area contributed by atoms with E-state index >= 15 is 0 Å². The number of anilines is 1. The summed E-state index contributed by atoms with van der Waals surface area (Å²) < 4.78 is 5.77. The van der Waals surface area contributed by atoms with Crippen LogP contribution in [0.15, 0.2) is 18.2 Å². The molecule has 1 fully saturated rings. The second kappa shape index (κ2) is 7.45. The summed E-state index contributed by atoms with van der Waals surface area (Å²) in [4.78, 5) is 10.5. The molecule has 1 N–H and O–H groups in total. The monoisotopic (exact) mass is 298 g/mol. The van der Waals surface area contributed by atoms with Gasteiger partial charge in [0.2, 0.25) is 0 Å².